The zero-order valence-corrected chi connectivity index (χ0v) is 25.1. The summed E-state index contributed by atoms with van der Waals surface area (Å²) in [6, 6.07) is 33.1. The van der Waals surface area contributed by atoms with Gasteiger partial charge < -0.3 is 4.57 Å². The molecule has 4 aromatic carbocycles. The molecule has 0 saturated heterocycles. The van der Waals surface area contributed by atoms with E-state index in [1.807, 2.05) is 0 Å². The molecule has 2 heteroatoms. The number of aryl methyl sites for hydroxylation is 1. The maximum atomic E-state index is 2.63. The van der Waals surface area contributed by atoms with Crippen molar-refractivity contribution in [3.05, 3.63) is 118 Å². The number of nitrogens with zero attached hydrogens (tertiary/aromatic N) is 1. The fourth-order valence-electron chi connectivity index (χ4n) is 8.92. The van der Waals surface area contributed by atoms with Gasteiger partial charge in [-0.1, -0.05) is 124 Å². The molecule has 204 valence electrons. The Bertz CT molecular complexity index is 1840. The van der Waals surface area contributed by atoms with Crippen LogP contribution in [0.5, 0.6) is 0 Å². The summed E-state index contributed by atoms with van der Waals surface area (Å²) in [5, 5.41) is 1.46. The Morgan fingerprint density at radius 1 is 0.683 bits per heavy atom. The monoisotopic (exact) mass is 533 g/mol. The summed E-state index contributed by atoms with van der Waals surface area (Å²) in [6.45, 7) is 10.0. The molecule has 1 nitrogen and oxygen atoms in total. The number of hydrogen-bond acceptors (Lipinski definition) is 0. The molecule has 0 radical (unpaired) electrons. The molecule has 1 atom stereocenters. The second-order valence-electron chi connectivity index (χ2n) is 13.6. The van der Waals surface area contributed by atoms with Crippen molar-refractivity contribution in [2.45, 2.75) is 83.5 Å². The van der Waals surface area contributed by atoms with Crippen LogP contribution in [0, 0.1) is 0 Å². The first-order valence-corrected chi connectivity index (χ1v) is 15.9. The second kappa shape index (κ2) is 8.99. The number of hydrogen-bond donors (Lipinski definition) is 0. The fraction of sp³-hybridized carbons (Fsp3) is 0.333. The highest BCUT2D eigenvalue weighted by Gasteiger charge is 2.48. The minimum atomic E-state index is -0.0779. The van der Waals surface area contributed by atoms with Crippen LogP contribution in [-0.4, -0.2) is 11.3 Å². The van der Waals surface area contributed by atoms with Crippen molar-refractivity contribution in [1.82, 2.24) is 4.57 Å². The molecular weight excluding hydrogens is 493 g/mol. The molecule has 0 spiro atoms. The first kappa shape index (κ1) is 25.2. The van der Waals surface area contributed by atoms with E-state index in [1.165, 1.54) is 88.3 Å². The van der Waals surface area contributed by atoms with Crippen LogP contribution in [0.15, 0.2) is 84.9 Å². The van der Waals surface area contributed by atoms with Gasteiger partial charge in [-0.3, -0.25) is 0 Å². The first-order valence-electron chi connectivity index (χ1n) is 15.9. The number of fused-ring (bicyclic) bond motifs is 7. The normalized spacial score (nSPS) is 20.4. The summed E-state index contributed by atoms with van der Waals surface area (Å²) in [5.41, 5.74) is 16.4. The van der Waals surface area contributed by atoms with E-state index in [-0.39, 0.29) is 17.5 Å². The molecule has 0 saturated carbocycles. The smallest absolute Gasteiger partial charge is 0.242 e. The quantitative estimate of drug-likeness (QED) is 0.208. The van der Waals surface area contributed by atoms with Crippen LogP contribution in [0.2, 0.25) is 0 Å². The van der Waals surface area contributed by atoms with Crippen molar-refractivity contribution >= 4 is 34.0 Å². The lowest BCUT2D eigenvalue weighted by molar-refractivity contribution is 0.549. The number of aromatic nitrogens is 1. The van der Waals surface area contributed by atoms with Crippen LogP contribution in [0.3, 0.4) is 0 Å². The van der Waals surface area contributed by atoms with E-state index in [9.17, 15) is 0 Å². The molecule has 41 heavy (non-hydrogen) atoms. The highest BCUT2D eigenvalue weighted by Crippen LogP contribution is 2.43. The molecule has 0 N–H and O–H groups in total. The lowest BCUT2D eigenvalue weighted by Crippen LogP contribution is -2.66. The standard InChI is InChI=1S/C39H40BN/c1-5-39(4)29-17-11-12-20-33(29)40-34-24-23-26(25-32(34)38(2,3)30-18-14-19-31(39)37(30)40)41-35-21-9-7-6-8-15-27(35)28-16-10-13-22-36(28)41/h10-14,16-20,22-25H,5-9,15,21H2,1-4H3. The maximum Gasteiger partial charge on any atom is 0.242 e. The molecule has 8 rings (SSSR count). The van der Waals surface area contributed by atoms with Gasteiger partial charge in [0.25, 0.3) is 0 Å². The lowest BCUT2D eigenvalue weighted by atomic mass is 9.27. The molecule has 1 aromatic heterocycles. The summed E-state index contributed by atoms with van der Waals surface area (Å²) in [5.74, 6) is 0. The van der Waals surface area contributed by atoms with Crippen LogP contribution in [0.4, 0.5) is 0 Å². The van der Waals surface area contributed by atoms with Gasteiger partial charge in [-0.15, -0.1) is 0 Å². The van der Waals surface area contributed by atoms with Crippen molar-refractivity contribution in [1.29, 1.82) is 0 Å². The molecule has 1 unspecified atom stereocenters. The van der Waals surface area contributed by atoms with E-state index in [1.54, 1.807) is 16.7 Å². The van der Waals surface area contributed by atoms with Crippen molar-refractivity contribution in [2.75, 3.05) is 0 Å². The average Bonchev–Trinajstić information content (AvgIpc) is 3.28. The Hall–Kier alpha value is -3.52. The molecule has 3 heterocycles. The van der Waals surface area contributed by atoms with Gasteiger partial charge in [0.05, 0.1) is 5.52 Å². The third kappa shape index (κ3) is 3.37. The molecule has 0 fully saturated rings. The van der Waals surface area contributed by atoms with E-state index in [0.29, 0.717) is 0 Å². The van der Waals surface area contributed by atoms with E-state index in [0.717, 1.165) is 6.42 Å². The number of para-hydroxylation sites is 1. The first-order chi connectivity index (χ1) is 19.9. The second-order valence-corrected chi connectivity index (χ2v) is 13.6. The Kier molecular flexibility index (Phi) is 5.53. The molecule has 3 aliphatic rings. The summed E-state index contributed by atoms with van der Waals surface area (Å²) >= 11 is 0. The van der Waals surface area contributed by atoms with E-state index >= 15 is 0 Å². The van der Waals surface area contributed by atoms with Gasteiger partial charge in [-0.2, -0.15) is 0 Å². The van der Waals surface area contributed by atoms with E-state index < -0.39 is 0 Å². The van der Waals surface area contributed by atoms with Crippen LogP contribution >= 0.6 is 0 Å². The molecule has 0 amide bonds. The minimum Gasteiger partial charge on any atom is -0.313 e. The molecule has 1 aliphatic carbocycles. The van der Waals surface area contributed by atoms with Gasteiger partial charge in [0, 0.05) is 27.6 Å². The molecule has 5 aromatic rings. The van der Waals surface area contributed by atoms with Crippen LogP contribution in [-0.2, 0) is 23.7 Å². The highest BCUT2D eigenvalue weighted by atomic mass is 15.0. The van der Waals surface area contributed by atoms with Crippen LogP contribution < -0.4 is 16.4 Å². The van der Waals surface area contributed by atoms with Crippen LogP contribution in [0.25, 0.3) is 16.6 Å². The minimum absolute atomic E-state index is 0.0340. The summed E-state index contributed by atoms with van der Waals surface area (Å²) in [6.07, 6.45) is 8.75. The largest absolute Gasteiger partial charge is 0.313 e. The Balaban J connectivity index is 1.40. The number of rotatable bonds is 2. The molecular formula is C39H40BN. The van der Waals surface area contributed by atoms with Gasteiger partial charge in [-0.05, 0) is 78.1 Å². The lowest BCUT2D eigenvalue weighted by Gasteiger charge is -2.47. The Labute approximate surface area is 245 Å². The predicted molar refractivity (Wildman–Crippen MR) is 176 cm³/mol. The van der Waals surface area contributed by atoms with Gasteiger partial charge in [0.1, 0.15) is 0 Å². The van der Waals surface area contributed by atoms with E-state index in [4.69, 9.17) is 0 Å². The zero-order chi connectivity index (χ0) is 27.9. The molecule has 0 bridgehead atoms. The summed E-state index contributed by atoms with van der Waals surface area (Å²) in [4.78, 5) is 0. The Morgan fingerprint density at radius 2 is 1.39 bits per heavy atom. The van der Waals surface area contributed by atoms with Gasteiger partial charge in [0.15, 0.2) is 0 Å². The van der Waals surface area contributed by atoms with Crippen LogP contribution in [0.1, 0.15) is 93.3 Å². The van der Waals surface area contributed by atoms with Gasteiger partial charge >= 0.3 is 0 Å². The fourth-order valence-corrected chi connectivity index (χ4v) is 8.92. The maximum absolute atomic E-state index is 2.63. The summed E-state index contributed by atoms with van der Waals surface area (Å²) < 4.78 is 2.63. The third-order valence-corrected chi connectivity index (χ3v) is 11.2. The van der Waals surface area contributed by atoms with Gasteiger partial charge in [-0.25, -0.2) is 0 Å². The molecule has 2 aliphatic heterocycles. The summed E-state index contributed by atoms with van der Waals surface area (Å²) in [7, 11) is 0. The van der Waals surface area contributed by atoms with Crippen molar-refractivity contribution in [3.8, 4) is 5.69 Å². The predicted octanol–water partition coefficient (Wildman–Crippen LogP) is 7.47. The van der Waals surface area contributed by atoms with Gasteiger partial charge in [0.2, 0.25) is 6.71 Å². The third-order valence-electron chi connectivity index (χ3n) is 11.2. The highest BCUT2D eigenvalue weighted by molar-refractivity contribution is 6.97. The zero-order valence-electron chi connectivity index (χ0n) is 25.1. The van der Waals surface area contributed by atoms with Crippen molar-refractivity contribution in [3.63, 3.8) is 0 Å². The number of benzene rings is 4. The SMILES string of the molecule is CCC1(C)c2ccccc2B2c3ccc(-n4c5c(c6ccccc64)CCCCCC5)cc3C(C)(C)c3cccc1c32. The van der Waals surface area contributed by atoms with Crippen molar-refractivity contribution in [2.24, 2.45) is 0 Å². The Morgan fingerprint density at radius 3 is 2.24 bits per heavy atom. The average molecular weight is 534 g/mol. The topological polar surface area (TPSA) is 4.93 Å². The van der Waals surface area contributed by atoms with E-state index in [2.05, 4.69) is 117 Å². The van der Waals surface area contributed by atoms with Crippen molar-refractivity contribution < 1.29 is 0 Å².